The van der Waals surface area contributed by atoms with Crippen LogP contribution in [0.1, 0.15) is 19.8 Å². The van der Waals surface area contributed by atoms with Crippen molar-refractivity contribution in [3.63, 3.8) is 0 Å². The van der Waals surface area contributed by atoms with E-state index in [1.165, 1.54) is 0 Å². The third kappa shape index (κ3) is 5.53. The molecule has 1 aromatic rings. The van der Waals surface area contributed by atoms with Crippen LogP contribution in [-0.4, -0.2) is 37.6 Å². The smallest absolute Gasteiger partial charge is 0.306 e. The summed E-state index contributed by atoms with van der Waals surface area (Å²) in [4.78, 5) is 23.7. The third-order valence-corrected chi connectivity index (χ3v) is 4.16. The zero-order chi connectivity index (χ0) is 16.8. The fraction of sp³-hybridized carbons (Fsp3) is 0.385. The van der Waals surface area contributed by atoms with Crippen molar-refractivity contribution in [3.8, 4) is 0 Å². The molecule has 0 heterocycles. The van der Waals surface area contributed by atoms with Crippen molar-refractivity contribution in [2.45, 2.75) is 19.8 Å². The van der Waals surface area contributed by atoms with Crippen LogP contribution in [-0.2, 0) is 10.0 Å². The lowest BCUT2D eigenvalue weighted by molar-refractivity contribution is 0.219. The molecule has 22 heavy (non-hydrogen) atoms. The van der Waals surface area contributed by atoms with Gasteiger partial charge in [-0.1, -0.05) is 37.1 Å². The molecule has 0 aromatic heterocycles. The van der Waals surface area contributed by atoms with Crippen LogP contribution in [0, 0.1) is 0 Å². The second-order valence-electron chi connectivity index (χ2n) is 4.55. The van der Waals surface area contributed by atoms with Crippen LogP contribution in [0.3, 0.4) is 0 Å². The predicted molar refractivity (Wildman–Crippen MR) is 85.5 cm³/mol. The Morgan fingerprint density at radius 3 is 2.45 bits per heavy atom. The molecule has 9 heteroatoms. The van der Waals surface area contributed by atoms with Gasteiger partial charge in [-0.05, 0) is 18.6 Å². The van der Waals surface area contributed by atoms with E-state index in [-0.39, 0.29) is 6.54 Å². The van der Waals surface area contributed by atoms with E-state index in [0.29, 0.717) is 27.9 Å². The van der Waals surface area contributed by atoms with Crippen molar-refractivity contribution < 1.29 is 18.0 Å². The lowest BCUT2D eigenvalue weighted by Crippen LogP contribution is -2.47. The fourth-order valence-electron chi connectivity index (χ4n) is 1.60. The van der Waals surface area contributed by atoms with Gasteiger partial charge in [0, 0.05) is 6.54 Å². The summed E-state index contributed by atoms with van der Waals surface area (Å²) < 4.78 is 23.8. The SMILES string of the molecule is CCCCN(C(=O)NC(=O)Nc1ccccc1Cl)S(C)(=O)=O. The topological polar surface area (TPSA) is 95.6 Å². The molecule has 0 fully saturated rings. The minimum absolute atomic E-state index is 0.0144. The lowest BCUT2D eigenvalue weighted by atomic mass is 10.3. The van der Waals surface area contributed by atoms with Crippen LogP contribution in [0.2, 0.25) is 5.02 Å². The summed E-state index contributed by atoms with van der Waals surface area (Å²) in [6, 6.07) is 4.62. The highest BCUT2D eigenvalue weighted by molar-refractivity contribution is 7.88. The van der Waals surface area contributed by atoms with Gasteiger partial charge in [0.2, 0.25) is 10.0 Å². The molecule has 2 N–H and O–H groups in total. The average molecular weight is 348 g/mol. The molecule has 0 saturated heterocycles. The second kappa shape index (κ2) is 8.00. The van der Waals surface area contributed by atoms with E-state index >= 15 is 0 Å². The molecule has 0 spiro atoms. The number of hydrogen-bond acceptors (Lipinski definition) is 4. The monoisotopic (exact) mass is 347 g/mol. The molecule has 4 amide bonds. The van der Waals surface area contributed by atoms with Gasteiger partial charge in [-0.3, -0.25) is 5.32 Å². The van der Waals surface area contributed by atoms with Gasteiger partial charge in [0.25, 0.3) is 0 Å². The summed E-state index contributed by atoms with van der Waals surface area (Å²) in [5, 5.41) is 4.65. The summed E-state index contributed by atoms with van der Waals surface area (Å²) in [5.41, 5.74) is 0.314. The maximum Gasteiger partial charge on any atom is 0.339 e. The minimum atomic E-state index is -3.75. The number of carbonyl (C=O) groups is 2. The molecule has 122 valence electrons. The van der Waals surface area contributed by atoms with E-state index in [2.05, 4.69) is 5.32 Å². The normalized spacial score (nSPS) is 10.9. The average Bonchev–Trinajstić information content (AvgIpc) is 2.40. The fourth-order valence-corrected chi connectivity index (χ4v) is 2.59. The molecule has 0 saturated carbocycles. The Kier molecular flexibility index (Phi) is 6.63. The van der Waals surface area contributed by atoms with Gasteiger partial charge in [-0.15, -0.1) is 0 Å². The number of para-hydroxylation sites is 1. The van der Waals surface area contributed by atoms with E-state index in [9.17, 15) is 18.0 Å². The molecular formula is C13H18ClN3O4S. The number of nitrogens with zero attached hydrogens (tertiary/aromatic N) is 1. The number of hydrogen-bond donors (Lipinski definition) is 2. The van der Waals surface area contributed by atoms with Gasteiger partial charge in [0.15, 0.2) is 0 Å². The van der Waals surface area contributed by atoms with E-state index in [4.69, 9.17) is 11.6 Å². The molecule has 0 bridgehead atoms. The van der Waals surface area contributed by atoms with Crippen molar-refractivity contribution in [1.29, 1.82) is 0 Å². The number of halogens is 1. The number of amides is 4. The maximum atomic E-state index is 11.9. The van der Waals surface area contributed by atoms with Gasteiger partial charge in [0.1, 0.15) is 0 Å². The van der Waals surface area contributed by atoms with Crippen LogP contribution in [0.5, 0.6) is 0 Å². The van der Waals surface area contributed by atoms with Gasteiger partial charge >= 0.3 is 12.1 Å². The molecular weight excluding hydrogens is 330 g/mol. The second-order valence-corrected chi connectivity index (χ2v) is 6.87. The Bertz CT molecular complexity index is 648. The van der Waals surface area contributed by atoms with Gasteiger partial charge < -0.3 is 5.32 Å². The lowest BCUT2D eigenvalue weighted by Gasteiger charge is -2.20. The van der Waals surface area contributed by atoms with Gasteiger partial charge in [0.05, 0.1) is 17.0 Å². The largest absolute Gasteiger partial charge is 0.339 e. The van der Waals surface area contributed by atoms with Crippen LogP contribution >= 0.6 is 11.6 Å². The number of nitrogens with one attached hydrogen (secondary N) is 2. The number of carbonyl (C=O) groups excluding carboxylic acids is 2. The van der Waals surface area contributed by atoms with Crippen molar-refractivity contribution in [3.05, 3.63) is 29.3 Å². The Balaban J connectivity index is 2.73. The number of rotatable bonds is 5. The zero-order valence-corrected chi connectivity index (χ0v) is 13.9. The quantitative estimate of drug-likeness (QED) is 0.855. The Morgan fingerprint density at radius 1 is 1.27 bits per heavy atom. The highest BCUT2D eigenvalue weighted by Crippen LogP contribution is 2.20. The molecule has 7 nitrogen and oxygen atoms in total. The van der Waals surface area contributed by atoms with Crippen molar-refractivity contribution in [1.82, 2.24) is 9.62 Å². The van der Waals surface area contributed by atoms with Crippen molar-refractivity contribution >= 4 is 39.4 Å². The van der Waals surface area contributed by atoms with Crippen LogP contribution < -0.4 is 10.6 Å². The first kappa shape index (κ1) is 18.2. The highest BCUT2D eigenvalue weighted by atomic mass is 35.5. The van der Waals surface area contributed by atoms with Crippen molar-refractivity contribution in [2.75, 3.05) is 18.1 Å². The Morgan fingerprint density at radius 2 is 1.91 bits per heavy atom. The van der Waals surface area contributed by atoms with E-state index in [1.54, 1.807) is 24.3 Å². The minimum Gasteiger partial charge on any atom is -0.306 e. The molecule has 0 radical (unpaired) electrons. The summed E-state index contributed by atoms with van der Waals surface area (Å²) >= 11 is 5.87. The molecule has 1 aromatic carbocycles. The number of unbranched alkanes of at least 4 members (excludes halogenated alkanes) is 1. The number of imide groups is 1. The summed E-state index contributed by atoms with van der Waals surface area (Å²) in [5.74, 6) is 0. The molecule has 0 unspecified atom stereocenters. The zero-order valence-electron chi connectivity index (χ0n) is 12.3. The van der Waals surface area contributed by atoms with Crippen LogP contribution in [0.25, 0.3) is 0 Å². The number of benzene rings is 1. The van der Waals surface area contributed by atoms with Crippen molar-refractivity contribution in [2.24, 2.45) is 0 Å². The summed E-state index contributed by atoms with van der Waals surface area (Å²) in [6.45, 7) is 1.88. The van der Waals surface area contributed by atoms with E-state index < -0.39 is 22.1 Å². The number of anilines is 1. The summed E-state index contributed by atoms with van der Waals surface area (Å²) in [6.07, 6.45) is 2.13. The van der Waals surface area contributed by atoms with E-state index in [1.807, 2.05) is 12.2 Å². The van der Waals surface area contributed by atoms with Gasteiger partial charge in [-0.25, -0.2) is 22.3 Å². The third-order valence-electron chi connectivity index (χ3n) is 2.68. The van der Waals surface area contributed by atoms with Crippen LogP contribution in [0.15, 0.2) is 24.3 Å². The maximum absolute atomic E-state index is 11.9. The first-order valence-corrected chi connectivity index (χ1v) is 8.82. The first-order valence-electron chi connectivity index (χ1n) is 6.60. The molecule has 0 atom stereocenters. The Hall–Kier alpha value is -1.80. The number of urea groups is 2. The molecule has 0 aliphatic rings. The van der Waals surface area contributed by atoms with E-state index in [0.717, 1.165) is 6.26 Å². The Labute approximate surface area is 134 Å². The molecule has 1 rings (SSSR count). The summed E-state index contributed by atoms with van der Waals surface area (Å²) in [7, 11) is -3.75. The van der Waals surface area contributed by atoms with Crippen LogP contribution in [0.4, 0.5) is 15.3 Å². The standard InChI is InChI=1S/C13H18ClN3O4S/c1-3-4-9-17(22(2,20)21)13(19)16-12(18)15-11-8-6-5-7-10(11)14/h5-8H,3-4,9H2,1-2H3,(H2,15,16,18,19). The van der Waals surface area contributed by atoms with Gasteiger partial charge in [-0.2, -0.15) is 0 Å². The highest BCUT2D eigenvalue weighted by Gasteiger charge is 2.24. The number of sulfonamides is 1. The predicted octanol–water partition coefficient (Wildman–Crippen LogP) is 2.64. The molecule has 0 aliphatic carbocycles. The first-order chi connectivity index (χ1) is 10.3. The molecule has 0 aliphatic heterocycles.